The van der Waals surface area contributed by atoms with Crippen LogP contribution >= 0.6 is 12.4 Å². The second-order valence-electron chi connectivity index (χ2n) is 7.83. The molecule has 1 aliphatic heterocycles. The molecule has 2 amide bonds. The smallest absolute Gasteiger partial charge is 0.412 e. The van der Waals surface area contributed by atoms with Gasteiger partial charge >= 0.3 is 6.09 Å². The Bertz CT molecular complexity index is 1090. The summed E-state index contributed by atoms with van der Waals surface area (Å²) in [4.78, 5) is 29.5. The number of nitrogens with one attached hydrogen (secondary N) is 3. The fourth-order valence-electron chi connectivity index (χ4n) is 3.89. The van der Waals surface area contributed by atoms with E-state index >= 15 is 0 Å². The molecule has 1 saturated heterocycles. The lowest BCUT2D eigenvalue weighted by atomic mass is 9.88. The normalized spacial score (nSPS) is 14.4. The number of anilines is 2. The van der Waals surface area contributed by atoms with Crippen LogP contribution in [0.3, 0.4) is 0 Å². The number of amides is 2. The first kappa shape index (κ1) is 25.1. The minimum atomic E-state index is -0.612. The number of pyridine rings is 1. The fourth-order valence-corrected chi connectivity index (χ4v) is 3.89. The maximum Gasteiger partial charge on any atom is 0.412 e. The average Bonchev–Trinajstić information content (AvgIpc) is 2.85. The number of halogens is 2. The molecule has 1 aliphatic rings. The van der Waals surface area contributed by atoms with Crippen molar-refractivity contribution in [2.24, 2.45) is 5.92 Å². The van der Waals surface area contributed by atoms with E-state index in [-0.39, 0.29) is 18.3 Å². The highest BCUT2D eigenvalue weighted by Gasteiger charge is 2.28. The van der Waals surface area contributed by atoms with Crippen LogP contribution in [0, 0.1) is 11.7 Å². The lowest BCUT2D eigenvalue weighted by Crippen LogP contribution is -2.33. The summed E-state index contributed by atoms with van der Waals surface area (Å²) in [7, 11) is 0. The third-order valence-corrected chi connectivity index (χ3v) is 5.60. The lowest BCUT2D eigenvalue weighted by Gasteiger charge is -2.30. The molecule has 0 saturated carbocycles. The monoisotopic (exact) mass is 484 g/mol. The zero-order valence-electron chi connectivity index (χ0n) is 18.4. The molecule has 178 valence electrons. The Labute approximate surface area is 203 Å². The van der Waals surface area contributed by atoms with Gasteiger partial charge < -0.3 is 15.4 Å². The molecule has 0 radical (unpaired) electrons. The van der Waals surface area contributed by atoms with E-state index in [0.29, 0.717) is 16.9 Å². The predicted molar refractivity (Wildman–Crippen MR) is 131 cm³/mol. The number of piperidine rings is 1. The summed E-state index contributed by atoms with van der Waals surface area (Å²) in [6.45, 7) is 1.74. The molecule has 9 heteroatoms. The summed E-state index contributed by atoms with van der Waals surface area (Å²) in [5.41, 5.74) is 2.00. The Hall–Kier alpha value is -3.49. The number of benzene rings is 2. The Morgan fingerprint density at radius 1 is 0.941 bits per heavy atom. The van der Waals surface area contributed by atoms with E-state index in [2.05, 4.69) is 20.9 Å². The van der Waals surface area contributed by atoms with Gasteiger partial charge in [0.1, 0.15) is 11.9 Å². The largest absolute Gasteiger partial charge is 0.441 e. The van der Waals surface area contributed by atoms with Gasteiger partial charge in [0.05, 0.1) is 11.4 Å². The fraction of sp³-hybridized carbons (Fsp3) is 0.240. The van der Waals surface area contributed by atoms with Crippen molar-refractivity contribution in [3.8, 4) is 0 Å². The average molecular weight is 485 g/mol. The van der Waals surface area contributed by atoms with Crippen LogP contribution in [0.4, 0.5) is 20.6 Å². The van der Waals surface area contributed by atoms with Gasteiger partial charge in [-0.2, -0.15) is 0 Å². The first-order chi connectivity index (χ1) is 16.1. The minimum Gasteiger partial charge on any atom is -0.441 e. The van der Waals surface area contributed by atoms with E-state index in [4.69, 9.17) is 4.74 Å². The van der Waals surface area contributed by atoms with E-state index in [1.165, 1.54) is 24.3 Å². The van der Waals surface area contributed by atoms with Crippen LogP contribution in [0.15, 0.2) is 73.1 Å². The van der Waals surface area contributed by atoms with E-state index in [0.717, 1.165) is 31.5 Å². The Morgan fingerprint density at radius 2 is 1.56 bits per heavy atom. The number of hydrogen-bond donors (Lipinski definition) is 3. The van der Waals surface area contributed by atoms with Crippen molar-refractivity contribution >= 4 is 35.8 Å². The van der Waals surface area contributed by atoms with Crippen LogP contribution in [0.2, 0.25) is 0 Å². The first-order valence-electron chi connectivity index (χ1n) is 10.8. The van der Waals surface area contributed by atoms with Crippen molar-refractivity contribution in [2.75, 3.05) is 23.7 Å². The van der Waals surface area contributed by atoms with E-state index in [1.54, 1.807) is 36.7 Å². The molecule has 2 aromatic carbocycles. The SMILES string of the molecule is Cl.O=C(Nc1ccccc1NC(=O)c1ccc(F)cc1)OC(c1ccncc1)C1CCNCC1. The molecule has 3 aromatic rings. The minimum absolute atomic E-state index is 0. The van der Waals surface area contributed by atoms with Gasteiger partial charge in [-0.1, -0.05) is 12.1 Å². The maximum atomic E-state index is 13.1. The molecule has 3 N–H and O–H groups in total. The number of carbonyl (C=O) groups excluding carboxylic acids is 2. The number of rotatable bonds is 6. The number of aromatic nitrogens is 1. The zero-order chi connectivity index (χ0) is 23.0. The molecule has 0 bridgehead atoms. The van der Waals surface area contributed by atoms with Crippen LogP contribution in [-0.4, -0.2) is 30.1 Å². The number of nitrogens with zero attached hydrogens (tertiary/aromatic N) is 1. The highest BCUT2D eigenvalue weighted by molar-refractivity contribution is 6.06. The van der Waals surface area contributed by atoms with E-state index in [9.17, 15) is 14.0 Å². The highest BCUT2D eigenvalue weighted by atomic mass is 35.5. The molecule has 1 fully saturated rings. The number of ether oxygens (including phenoxy) is 1. The molecule has 1 aromatic heterocycles. The molecular formula is C25H26ClFN4O3. The third kappa shape index (κ3) is 6.52. The van der Waals surface area contributed by atoms with Crippen LogP contribution in [-0.2, 0) is 4.74 Å². The Morgan fingerprint density at radius 3 is 2.21 bits per heavy atom. The molecular weight excluding hydrogens is 459 g/mol. The zero-order valence-corrected chi connectivity index (χ0v) is 19.2. The number of carbonyl (C=O) groups is 2. The Balaban J connectivity index is 0.00000324. The summed E-state index contributed by atoms with van der Waals surface area (Å²) in [6.07, 6.45) is 4.14. The Kier molecular flexibility index (Phi) is 8.95. The summed E-state index contributed by atoms with van der Waals surface area (Å²) < 4.78 is 19.0. The summed E-state index contributed by atoms with van der Waals surface area (Å²) in [5, 5.41) is 8.83. The van der Waals surface area contributed by atoms with Gasteiger partial charge in [0.25, 0.3) is 5.91 Å². The van der Waals surface area contributed by atoms with Crippen LogP contribution < -0.4 is 16.0 Å². The van der Waals surface area contributed by atoms with E-state index < -0.39 is 23.9 Å². The van der Waals surface area contributed by atoms with Gasteiger partial charge in [0, 0.05) is 23.9 Å². The van der Waals surface area contributed by atoms with Gasteiger partial charge in [-0.25, -0.2) is 9.18 Å². The standard InChI is InChI=1S/C25H25FN4O3.ClH/c26-20-7-5-19(6-8-20)24(31)29-21-3-1-2-4-22(21)30-25(32)33-23(17-9-13-27-14-10-17)18-11-15-28-16-12-18;/h1-10,13-14,18,23,28H,11-12,15-16H2,(H,29,31)(H,30,32);1H. The first-order valence-corrected chi connectivity index (χ1v) is 10.8. The van der Waals surface area contributed by atoms with Crippen molar-refractivity contribution in [1.82, 2.24) is 10.3 Å². The van der Waals surface area contributed by atoms with Crippen LogP contribution in [0.1, 0.15) is 34.9 Å². The second-order valence-corrected chi connectivity index (χ2v) is 7.83. The molecule has 0 aliphatic carbocycles. The number of hydrogen-bond acceptors (Lipinski definition) is 5. The highest BCUT2D eigenvalue weighted by Crippen LogP contribution is 2.33. The van der Waals surface area contributed by atoms with Gasteiger partial charge in [-0.15, -0.1) is 12.4 Å². The van der Waals surface area contributed by atoms with Crippen molar-refractivity contribution in [3.05, 3.63) is 90.0 Å². The second kappa shape index (κ2) is 12.1. The van der Waals surface area contributed by atoms with Gasteiger partial charge in [0.2, 0.25) is 0 Å². The predicted octanol–water partition coefficient (Wildman–Crippen LogP) is 5.18. The van der Waals surface area contributed by atoms with Gasteiger partial charge in [0.15, 0.2) is 0 Å². The molecule has 4 rings (SSSR count). The summed E-state index contributed by atoms with van der Waals surface area (Å²) in [5.74, 6) is -0.649. The molecule has 34 heavy (non-hydrogen) atoms. The van der Waals surface area contributed by atoms with Crippen molar-refractivity contribution in [2.45, 2.75) is 18.9 Å². The van der Waals surface area contributed by atoms with E-state index in [1.807, 2.05) is 12.1 Å². The van der Waals surface area contributed by atoms with Gasteiger partial charge in [-0.05, 0) is 80.0 Å². The maximum absolute atomic E-state index is 13.1. The molecule has 2 heterocycles. The molecule has 7 nitrogen and oxygen atoms in total. The summed E-state index contributed by atoms with van der Waals surface area (Å²) >= 11 is 0. The quantitative estimate of drug-likeness (QED) is 0.448. The third-order valence-electron chi connectivity index (χ3n) is 5.60. The lowest BCUT2D eigenvalue weighted by molar-refractivity contribution is 0.0591. The van der Waals surface area contributed by atoms with Crippen LogP contribution in [0.25, 0.3) is 0 Å². The topological polar surface area (TPSA) is 92.4 Å². The van der Waals surface area contributed by atoms with Gasteiger partial charge in [-0.3, -0.25) is 15.1 Å². The molecule has 1 atom stereocenters. The van der Waals surface area contributed by atoms with Crippen molar-refractivity contribution < 1.29 is 18.7 Å². The number of para-hydroxylation sites is 2. The summed E-state index contributed by atoms with van der Waals surface area (Å²) in [6, 6.07) is 15.8. The van der Waals surface area contributed by atoms with Crippen LogP contribution in [0.5, 0.6) is 0 Å². The molecule has 1 unspecified atom stereocenters. The van der Waals surface area contributed by atoms with Crippen molar-refractivity contribution in [1.29, 1.82) is 0 Å². The molecule has 0 spiro atoms. The van der Waals surface area contributed by atoms with Crippen molar-refractivity contribution in [3.63, 3.8) is 0 Å².